The Morgan fingerprint density at radius 3 is 2.56 bits per heavy atom. The van der Waals surface area contributed by atoms with Gasteiger partial charge in [-0.2, -0.15) is 5.10 Å². The van der Waals surface area contributed by atoms with Crippen LogP contribution in [-0.2, 0) is 0 Å². The molecule has 3 aromatic rings. The van der Waals surface area contributed by atoms with Gasteiger partial charge in [0.2, 0.25) is 5.96 Å². The normalized spacial score (nSPS) is 11.3. The van der Waals surface area contributed by atoms with Gasteiger partial charge in [0.15, 0.2) is 5.01 Å². The predicted molar refractivity (Wildman–Crippen MR) is 109 cm³/mol. The van der Waals surface area contributed by atoms with Crippen molar-refractivity contribution >= 4 is 44.8 Å². The topological polar surface area (TPSA) is 128 Å². The van der Waals surface area contributed by atoms with Crippen LogP contribution in [0.1, 0.15) is 22.3 Å². The molecule has 0 unspecified atom stereocenters. The predicted octanol–water partition coefficient (Wildman–Crippen LogP) is 2.55. The first-order valence-corrected chi connectivity index (χ1v) is 8.77. The van der Waals surface area contributed by atoms with Gasteiger partial charge in [-0.3, -0.25) is 4.79 Å². The third-order valence-corrected chi connectivity index (χ3v) is 4.68. The molecule has 5 N–H and O–H groups in total. The molecule has 0 aliphatic carbocycles. The van der Waals surface area contributed by atoms with Crippen LogP contribution in [0.25, 0.3) is 10.2 Å². The maximum absolute atomic E-state index is 12.5. The lowest BCUT2D eigenvalue weighted by Gasteiger charge is -2.04. The molecule has 0 aliphatic rings. The van der Waals surface area contributed by atoms with E-state index < -0.39 is 0 Å². The molecule has 0 aliphatic heterocycles. The molecule has 3 rings (SSSR count). The van der Waals surface area contributed by atoms with Crippen LogP contribution in [0.5, 0.6) is 5.75 Å². The number of benzene rings is 2. The largest absolute Gasteiger partial charge is 0.497 e. The molecule has 138 valence electrons. The van der Waals surface area contributed by atoms with E-state index in [-0.39, 0.29) is 11.9 Å². The van der Waals surface area contributed by atoms with E-state index in [1.807, 2.05) is 30.3 Å². The Balaban J connectivity index is 1.74. The van der Waals surface area contributed by atoms with Crippen LogP contribution in [0.4, 0.5) is 5.69 Å². The number of rotatable bonds is 5. The standard InChI is InChI=1S/C18H18N6O2S/c1-10(23-24-18(19)20)11-3-5-12(6-4-11)21-16(25)17-22-14-8-7-13(26-2)9-15(14)27-17/h3-9H,1-2H3,(H,21,25)(H4,19,20,24)/b23-10+. The summed E-state index contributed by atoms with van der Waals surface area (Å²) in [6, 6.07) is 12.7. The number of nitrogens with one attached hydrogen (secondary N) is 1. The lowest BCUT2D eigenvalue weighted by Crippen LogP contribution is -2.22. The number of thiazole rings is 1. The van der Waals surface area contributed by atoms with Crippen molar-refractivity contribution in [1.82, 2.24) is 4.98 Å². The second-order valence-electron chi connectivity index (χ2n) is 5.59. The van der Waals surface area contributed by atoms with Crippen molar-refractivity contribution in [2.24, 2.45) is 21.7 Å². The molecule has 0 bridgehead atoms. The maximum Gasteiger partial charge on any atom is 0.284 e. The number of carbonyl (C=O) groups is 1. The number of aromatic nitrogens is 1. The van der Waals surface area contributed by atoms with E-state index in [0.717, 1.165) is 21.5 Å². The summed E-state index contributed by atoms with van der Waals surface area (Å²) in [5, 5.41) is 10.8. The monoisotopic (exact) mass is 382 g/mol. The highest BCUT2D eigenvalue weighted by Gasteiger charge is 2.13. The number of ether oxygens (including phenoxy) is 1. The highest BCUT2D eigenvalue weighted by molar-refractivity contribution is 7.20. The zero-order valence-corrected chi connectivity index (χ0v) is 15.6. The van der Waals surface area contributed by atoms with Crippen LogP contribution >= 0.6 is 11.3 Å². The van der Waals surface area contributed by atoms with E-state index in [2.05, 4.69) is 20.5 Å². The average Bonchev–Trinajstić information content (AvgIpc) is 3.10. The highest BCUT2D eigenvalue weighted by Crippen LogP contribution is 2.26. The van der Waals surface area contributed by atoms with Gasteiger partial charge in [0.1, 0.15) is 5.75 Å². The molecule has 0 saturated heterocycles. The van der Waals surface area contributed by atoms with Gasteiger partial charge in [0.05, 0.1) is 23.0 Å². The van der Waals surface area contributed by atoms with Gasteiger partial charge in [-0.15, -0.1) is 16.4 Å². The fraction of sp³-hybridized carbons (Fsp3) is 0.111. The number of nitrogens with two attached hydrogens (primary N) is 2. The van der Waals surface area contributed by atoms with Crippen molar-refractivity contribution < 1.29 is 9.53 Å². The first-order chi connectivity index (χ1) is 13.0. The van der Waals surface area contributed by atoms with Crippen LogP contribution in [0.15, 0.2) is 52.7 Å². The molecule has 27 heavy (non-hydrogen) atoms. The van der Waals surface area contributed by atoms with Crippen molar-refractivity contribution in [3.8, 4) is 5.75 Å². The maximum atomic E-state index is 12.5. The minimum Gasteiger partial charge on any atom is -0.497 e. The number of hydrogen-bond donors (Lipinski definition) is 3. The van der Waals surface area contributed by atoms with Crippen LogP contribution in [0.3, 0.4) is 0 Å². The highest BCUT2D eigenvalue weighted by atomic mass is 32.1. The molecule has 1 heterocycles. The summed E-state index contributed by atoms with van der Waals surface area (Å²) in [6.45, 7) is 1.79. The van der Waals surface area contributed by atoms with Crippen LogP contribution < -0.4 is 21.5 Å². The summed E-state index contributed by atoms with van der Waals surface area (Å²) >= 11 is 1.31. The number of nitrogens with zero attached hydrogens (tertiary/aromatic N) is 3. The van der Waals surface area contributed by atoms with Crippen molar-refractivity contribution in [2.75, 3.05) is 12.4 Å². The number of anilines is 1. The Bertz CT molecular complexity index is 1040. The number of carbonyl (C=O) groups excluding carboxylic acids is 1. The summed E-state index contributed by atoms with van der Waals surface area (Å²) in [5.41, 5.74) is 13.4. The van der Waals surface area contributed by atoms with E-state index in [1.54, 1.807) is 26.2 Å². The van der Waals surface area contributed by atoms with Crippen LogP contribution in [0.2, 0.25) is 0 Å². The SMILES string of the molecule is COc1ccc2nc(C(=O)Nc3ccc(/C(C)=N/N=C(N)N)cc3)sc2c1. The van der Waals surface area contributed by atoms with E-state index >= 15 is 0 Å². The van der Waals surface area contributed by atoms with Gasteiger partial charge in [0, 0.05) is 5.69 Å². The van der Waals surface area contributed by atoms with Crippen LogP contribution in [0, 0.1) is 0 Å². The summed E-state index contributed by atoms with van der Waals surface area (Å²) < 4.78 is 6.09. The number of fused-ring (bicyclic) bond motifs is 1. The quantitative estimate of drug-likeness (QED) is 0.355. The van der Waals surface area contributed by atoms with Crippen molar-refractivity contribution in [2.45, 2.75) is 6.92 Å². The lowest BCUT2D eigenvalue weighted by atomic mass is 10.1. The van der Waals surface area contributed by atoms with E-state index in [0.29, 0.717) is 16.4 Å². The molecule has 0 spiro atoms. The van der Waals surface area contributed by atoms with Crippen LogP contribution in [-0.4, -0.2) is 29.7 Å². The zero-order chi connectivity index (χ0) is 19.4. The fourth-order valence-electron chi connectivity index (χ4n) is 2.30. The molecule has 0 radical (unpaired) electrons. The molecule has 1 aromatic heterocycles. The number of hydrogen-bond acceptors (Lipinski definition) is 6. The average molecular weight is 382 g/mol. The minimum atomic E-state index is -0.270. The van der Waals surface area contributed by atoms with Gasteiger partial charge in [0.25, 0.3) is 5.91 Å². The van der Waals surface area contributed by atoms with E-state index in [1.165, 1.54) is 11.3 Å². The van der Waals surface area contributed by atoms with Gasteiger partial charge in [-0.1, -0.05) is 12.1 Å². The number of methoxy groups -OCH3 is 1. The minimum absolute atomic E-state index is 0.105. The van der Waals surface area contributed by atoms with E-state index in [4.69, 9.17) is 16.2 Å². The molecule has 0 fully saturated rings. The number of amides is 1. The van der Waals surface area contributed by atoms with Gasteiger partial charge < -0.3 is 21.5 Å². The zero-order valence-electron chi connectivity index (χ0n) is 14.8. The van der Waals surface area contributed by atoms with Gasteiger partial charge in [-0.25, -0.2) is 4.98 Å². The molecular formula is C18H18N6O2S. The third kappa shape index (κ3) is 4.39. The Labute approximate surface area is 159 Å². The Kier molecular flexibility index (Phi) is 5.32. The molecule has 0 atom stereocenters. The summed E-state index contributed by atoms with van der Waals surface area (Å²) in [7, 11) is 1.60. The van der Waals surface area contributed by atoms with Gasteiger partial charge in [-0.05, 0) is 42.8 Å². The fourth-order valence-corrected chi connectivity index (χ4v) is 3.19. The first kappa shape index (κ1) is 18.3. The molecule has 8 nitrogen and oxygen atoms in total. The first-order valence-electron chi connectivity index (χ1n) is 7.96. The third-order valence-electron chi connectivity index (χ3n) is 3.67. The van der Waals surface area contributed by atoms with E-state index in [9.17, 15) is 4.79 Å². The summed E-state index contributed by atoms with van der Waals surface area (Å²) in [5.74, 6) is 0.354. The van der Waals surface area contributed by atoms with Gasteiger partial charge >= 0.3 is 0 Å². The number of guanidine groups is 1. The molecule has 0 saturated carbocycles. The summed E-state index contributed by atoms with van der Waals surface area (Å²) in [4.78, 5) is 16.8. The molecule has 1 amide bonds. The molecule has 9 heteroatoms. The second-order valence-corrected chi connectivity index (χ2v) is 6.63. The Hall–Kier alpha value is -3.46. The van der Waals surface area contributed by atoms with Crippen molar-refractivity contribution in [3.05, 3.63) is 53.0 Å². The molecule has 2 aromatic carbocycles. The smallest absolute Gasteiger partial charge is 0.284 e. The Morgan fingerprint density at radius 1 is 1.15 bits per heavy atom. The molecular weight excluding hydrogens is 364 g/mol. The van der Waals surface area contributed by atoms with Crippen molar-refractivity contribution in [1.29, 1.82) is 0 Å². The van der Waals surface area contributed by atoms with Crippen molar-refractivity contribution in [3.63, 3.8) is 0 Å². The lowest BCUT2D eigenvalue weighted by molar-refractivity contribution is 0.102. The summed E-state index contributed by atoms with van der Waals surface area (Å²) in [6.07, 6.45) is 0. The second kappa shape index (κ2) is 7.83. The Morgan fingerprint density at radius 2 is 1.89 bits per heavy atom.